The molecule has 8 nitrogen and oxygen atoms in total. The third-order valence-corrected chi connectivity index (χ3v) is 4.69. The molecule has 12 heteroatoms. The Labute approximate surface area is 179 Å². The molecule has 0 aliphatic heterocycles. The summed E-state index contributed by atoms with van der Waals surface area (Å²) in [7, 11) is 0. The maximum atomic E-state index is 13.7. The number of aryl methyl sites for hydroxylation is 1. The van der Waals surface area contributed by atoms with Gasteiger partial charge in [-0.3, -0.25) is 4.79 Å². The number of rotatable bonds is 6. The Morgan fingerprint density at radius 1 is 1.29 bits per heavy atom. The first-order valence-corrected chi connectivity index (χ1v) is 9.69. The summed E-state index contributed by atoms with van der Waals surface area (Å²) >= 11 is 0.662. The molecule has 1 aromatic heterocycles. The van der Waals surface area contributed by atoms with Crippen molar-refractivity contribution < 1.29 is 37.4 Å². The lowest BCUT2D eigenvalue weighted by Gasteiger charge is -2.25. The van der Waals surface area contributed by atoms with Crippen LogP contribution in [0.15, 0.2) is 18.3 Å². The number of hydrogen-bond donors (Lipinski definition) is 2. The fourth-order valence-electron chi connectivity index (χ4n) is 2.34. The number of carbonyl (C=O) groups excluding carboxylic acids is 2. The second-order valence-corrected chi connectivity index (χ2v) is 8.40. The zero-order chi connectivity index (χ0) is 23.5. The summed E-state index contributed by atoms with van der Waals surface area (Å²) in [5, 5.41) is 11.3. The van der Waals surface area contributed by atoms with Crippen molar-refractivity contribution in [3.63, 3.8) is 0 Å². The van der Waals surface area contributed by atoms with Crippen molar-refractivity contribution in [3.05, 3.63) is 40.2 Å². The zero-order valence-corrected chi connectivity index (χ0v) is 17.8. The molecular formula is C19H20F3N3O5S. The first kappa shape index (κ1) is 24.1. The van der Waals surface area contributed by atoms with Crippen molar-refractivity contribution in [2.45, 2.75) is 39.7 Å². The number of anilines is 2. The van der Waals surface area contributed by atoms with Gasteiger partial charge in [-0.25, -0.2) is 32.6 Å². The van der Waals surface area contributed by atoms with Crippen LogP contribution in [0.25, 0.3) is 0 Å². The quantitative estimate of drug-likeness (QED) is 0.656. The van der Waals surface area contributed by atoms with Crippen LogP contribution < -0.4 is 10.2 Å². The Kier molecular flexibility index (Phi) is 7.26. The number of alkyl halides is 2. The average molecular weight is 459 g/mol. The van der Waals surface area contributed by atoms with Gasteiger partial charge >= 0.3 is 12.1 Å². The third-order valence-electron chi connectivity index (χ3n) is 3.68. The van der Waals surface area contributed by atoms with Crippen LogP contribution >= 0.6 is 11.3 Å². The summed E-state index contributed by atoms with van der Waals surface area (Å²) in [6.07, 6.45) is -2.84. The summed E-state index contributed by atoms with van der Waals surface area (Å²) in [6, 6.07) is 1.93. The summed E-state index contributed by atoms with van der Waals surface area (Å²) in [6.45, 7) is 5.20. The average Bonchev–Trinajstić information content (AvgIpc) is 3.09. The molecule has 1 aromatic carbocycles. The summed E-state index contributed by atoms with van der Waals surface area (Å²) < 4.78 is 44.8. The lowest BCUT2D eigenvalue weighted by Crippen LogP contribution is -2.39. The summed E-state index contributed by atoms with van der Waals surface area (Å²) in [5.41, 5.74) is -1.24. The fraction of sp³-hybridized carbons (Fsp3) is 0.368. The van der Waals surface area contributed by atoms with Crippen molar-refractivity contribution in [1.29, 1.82) is 0 Å². The van der Waals surface area contributed by atoms with Crippen molar-refractivity contribution in [1.82, 2.24) is 4.98 Å². The van der Waals surface area contributed by atoms with Gasteiger partial charge in [0.25, 0.3) is 12.3 Å². The van der Waals surface area contributed by atoms with E-state index in [-0.39, 0.29) is 21.3 Å². The van der Waals surface area contributed by atoms with Crippen molar-refractivity contribution in [2.75, 3.05) is 16.8 Å². The number of carbonyl (C=O) groups is 3. The first-order valence-electron chi connectivity index (χ1n) is 8.87. The predicted molar refractivity (Wildman–Crippen MR) is 108 cm³/mol. The number of halogens is 3. The highest BCUT2D eigenvalue weighted by Crippen LogP contribution is 2.27. The van der Waals surface area contributed by atoms with Crippen molar-refractivity contribution in [3.8, 4) is 0 Å². The van der Waals surface area contributed by atoms with Crippen LogP contribution in [-0.2, 0) is 4.74 Å². The fourth-order valence-corrected chi connectivity index (χ4v) is 3.15. The molecule has 0 atom stereocenters. The van der Waals surface area contributed by atoms with Gasteiger partial charge in [-0.2, -0.15) is 0 Å². The number of ether oxygens (including phenoxy) is 1. The highest BCUT2D eigenvalue weighted by molar-refractivity contribution is 7.17. The molecule has 2 aromatic rings. The third kappa shape index (κ3) is 6.41. The van der Waals surface area contributed by atoms with Crippen LogP contribution in [0.5, 0.6) is 0 Å². The van der Waals surface area contributed by atoms with E-state index >= 15 is 0 Å². The van der Waals surface area contributed by atoms with Crippen molar-refractivity contribution >= 4 is 40.1 Å². The van der Waals surface area contributed by atoms with E-state index in [1.807, 2.05) is 0 Å². The smallest absolute Gasteiger partial charge is 0.416 e. The second-order valence-electron chi connectivity index (χ2n) is 7.40. The van der Waals surface area contributed by atoms with E-state index in [2.05, 4.69) is 10.3 Å². The molecule has 0 radical (unpaired) electrons. The van der Waals surface area contributed by atoms with Gasteiger partial charge in [0.15, 0.2) is 5.13 Å². The second kappa shape index (κ2) is 9.33. The number of aromatic carboxylic acids is 1. The number of nitrogens with one attached hydrogen (secondary N) is 1. The Morgan fingerprint density at radius 3 is 2.48 bits per heavy atom. The standard InChI is InChI=1S/C19H20F3N3O5S/c1-9-5-11(20)10(16(27)28)6-12(9)24-15(26)13-7-23-17(31-13)25(8-14(21)22)18(29)30-19(2,3)4/h5-7,14H,8H2,1-4H3,(H,24,26)(H,27,28). The number of hydrogen-bond acceptors (Lipinski definition) is 6. The normalized spacial score (nSPS) is 11.4. The molecule has 31 heavy (non-hydrogen) atoms. The Morgan fingerprint density at radius 2 is 1.94 bits per heavy atom. The van der Waals surface area contributed by atoms with Gasteiger partial charge in [0.2, 0.25) is 0 Å². The molecule has 2 amide bonds. The van der Waals surface area contributed by atoms with Gasteiger partial charge in [-0.15, -0.1) is 0 Å². The molecule has 0 saturated heterocycles. The minimum absolute atomic E-state index is 0.0431. The van der Waals surface area contributed by atoms with E-state index in [1.165, 1.54) is 6.92 Å². The number of carboxylic acids is 1. The number of thiazole rings is 1. The van der Waals surface area contributed by atoms with Gasteiger partial charge in [0, 0.05) is 5.69 Å². The molecule has 168 valence electrons. The number of carboxylic acid groups (broad SMARTS) is 1. The highest BCUT2D eigenvalue weighted by Gasteiger charge is 2.29. The molecule has 0 unspecified atom stereocenters. The molecule has 0 aliphatic carbocycles. The van der Waals surface area contributed by atoms with Crippen LogP contribution in [0, 0.1) is 12.7 Å². The Hall–Kier alpha value is -3.15. The highest BCUT2D eigenvalue weighted by atomic mass is 32.1. The number of benzene rings is 1. The lowest BCUT2D eigenvalue weighted by atomic mass is 10.1. The predicted octanol–water partition coefficient (Wildman–Crippen LogP) is 4.55. The SMILES string of the molecule is Cc1cc(F)c(C(=O)O)cc1NC(=O)c1cnc(N(CC(F)F)C(=O)OC(C)(C)C)s1. The van der Waals surface area contributed by atoms with E-state index in [0.717, 1.165) is 18.3 Å². The van der Waals surface area contributed by atoms with E-state index in [9.17, 15) is 27.6 Å². The van der Waals surface area contributed by atoms with E-state index in [4.69, 9.17) is 9.84 Å². The first-order chi connectivity index (χ1) is 14.3. The van der Waals surface area contributed by atoms with Gasteiger partial charge in [-0.1, -0.05) is 11.3 Å². The number of aromatic nitrogens is 1. The molecule has 0 bridgehead atoms. The van der Waals surface area contributed by atoms with Crippen LogP contribution in [-0.4, -0.2) is 46.6 Å². The monoisotopic (exact) mass is 459 g/mol. The molecule has 2 rings (SSSR count). The molecule has 0 saturated carbocycles. The number of nitrogens with zero attached hydrogens (tertiary/aromatic N) is 2. The molecular weight excluding hydrogens is 439 g/mol. The lowest BCUT2D eigenvalue weighted by molar-refractivity contribution is 0.0543. The van der Waals surface area contributed by atoms with Crippen LogP contribution in [0.4, 0.5) is 28.8 Å². The van der Waals surface area contributed by atoms with Gasteiger partial charge < -0.3 is 15.2 Å². The molecule has 0 spiro atoms. The number of amides is 2. The van der Waals surface area contributed by atoms with E-state index < -0.39 is 47.9 Å². The molecule has 1 heterocycles. The summed E-state index contributed by atoms with van der Waals surface area (Å²) in [4.78, 5) is 40.4. The molecule has 2 N–H and O–H groups in total. The minimum Gasteiger partial charge on any atom is -0.478 e. The maximum absolute atomic E-state index is 13.7. The minimum atomic E-state index is -2.87. The maximum Gasteiger partial charge on any atom is 0.416 e. The van der Waals surface area contributed by atoms with Crippen LogP contribution in [0.1, 0.15) is 46.4 Å². The summed E-state index contributed by atoms with van der Waals surface area (Å²) in [5.74, 6) is -3.20. The van der Waals surface area contributed by atoms with Gasteiger partial charge in [0.1, 0.15) is 16.3 Å². The largest absolute Gasteiger partial charge is 0.478 e. The van der Waals surface area contributed by atoms with Crippen molar-refractivity contribution in [2.24, 2.45) is 0 Å². The van der Waals surface area contributed by atoms with Crippen LogP contribution in [0.3, 0.4) is 0 Å². The molecule has 0 fully saturated rings. The van der Waals surface area contributed by atoms with Gasteiger partial charge in [-0.05, 0) is 45.4 Å². The molecule has 0 aliphatic rings. The zero-order valence-electron chi connectivity index (χ0n) is 17.0. The van der Waals surface area contributed by atoms with E-state index in [0.29, 0.717) is 16.2 Å². The van der Waals surface area contributed by atoms with Gasteiger partial charge in [0.05, 0.1) is 18.3 Å². The Balaban J connectivity index is 2.27. The van der Waals surface area contributed by atoms with E-state index in [1.54, 1.807) is 20.8 Å². The van der Waals surface area contributed by atoms with Crippen LogP contribution in [0.2, 0.25) is 0 Å². The Bertz CT molecular complexity index is 1000. The topological polar surface area (TPSA) is 109 Å².